The molecule has 2 rings (SSSR count). The first-order valence-electron chi connectivity index (χ1n) is 7.10. The van der Waals surface area contributed by atoms with E-state index >= 15 is 0 Å². The monoisotopic (exact) mass is 314 g/mol. The molecule has 0 saturated carbocycles. The summed E-state index contributed by atoms with van der Waals surface area (Å²) in [6.45, 7) is 2.64. The van der Waals surface area contributed by atoms with Crippen LogP contribution in [0.25, 0.3) is 11.3 Å². The molecule has 0 spiro atoms. The topological polar surface area (TPSA) is 95.6 Å². The number of aromatic nitrogens is 2. The van der Waals surface area contributed by atoms with Crippen LogP contribution in [0, 0.1) is 18.3 Å². The van der Waals surface area contributed by atoms with E-state index in [0.717, 1.165) is 29.7 Å². The zero-order chi connectivity index (χ0) is 15.9. The fourth-order valence-corrected chi connectivity index (χ4v) is 2.82. The molecule has 22 heavy (non-hydrogen) atoms. The Labute approximate surface area is 133 Å². The molecular weight excluding hydrogens is 296 g/mol. The minimum atomic E-state index is -0.394. The third-order valence-electron chi connectivity index (χ3n) is 3.17. The highest BCUT2D eigenvalue weighted by Gasteiger charge is 2.13. The van der Waals surface area contributed by atoms with Crippen molar-refractivity contribution in [1.29, 1.82) is 5.26 Å². The molecular formula is C16H18N4OS. The number of benzene rings is 1. The summed E-state index contributed by atoms with van der Waals surface area (Å²) in [7, 11) is 0. The van der Waals surface area contributed by atoms with E-state index in [4.69, 9.17) is 5.73 Å². The lowest BCUT2D eigenvalue weighted by Gasteiger charge is -2.06. The van der Waals surface area contributed by atoms with Crippen molar-refractivity contribution < 1.29 is 0 Å². The normalized spacial score (nSPS) is 10.4. The number of nitrogens with one attached hydrogen (secondary N) is 1. The highest BCUT2D eigenvalue weighted by Crippen LogP contribution is 2.22. The predicted octanol–water partition coefficient (Wildman–Crippen LogP) is 2.45. The molecule has 114 valence electrons. The summed E-state index contributed by atoms with van der Waals surface area (Å²) in [5.41, 5.74) is 7.45. The SMILES string of the molecule is Cc1ccc(-c2nc(SCCCCN)[nH]c(=O)c2C#N)cc1. The zero-order valence-corrected chi connectivity index (χ0v) is 13.2. The van der Waals surface area contributed by atoms with E-state index in [9.17, 15) is 10.1 Å². The van der Waals surface area contributed by atoms with Gasteiger partial charge in [-0.05, 0) is 26.3 Å². The minimum Gasteiger partial charge on any atom is -0.330 e. The number of H-pyrrole nitrogens is 1. The number of aromatic amines is 1. The van der Waals surface area contributed by atoms with E-state index in [-0.39, 0.29) is 5.56 Å². The molecule has 5 nitrogen and oxygen atoms in total. The molecule has 1 aromatic heterocycles. The largest absolute Gasteiger partial charge is 0.330 e. The average molecular weight is 314 g/mol. The Bertz CT molecular complexity index is 731. The quantitative estimate of drug-likeness (QED) is 0.485. The van der Waals surface area contributed by atoms with Crippen LogP contribution in [0.15, 0.2) is 34.2 Å². The Morgan fingerprint density at radius 3 is 2.68 bits per heavy atom. The Morgan fingerprint density at radius 1 is 1.32 bits per heavy atom. The van der Waals surface area contributed by atoms with Gasteiger partial charge in [0.05, 0.1) is 5.69 Å². The van der Waals surface area contributed by atoms with E-state index in [1.807, 2.05) is 37.3 Å². The van der Waals surface area contributed by atoms with Gasteiger partial charge in [0.1, 0.15) is 11.6 Å². The minimum absolute atomic E-state index is 0.0511. The second-order valence-electron chi connectivity index (χ2n) is 4.92. The van der Waals surface area contributed by atoms with E-state index in [2.05, 4.69) is 9.97 Å². The maximum absolute atomic E-state index is 12.1. The van der Waals surface area contributed by atoms with Gasteiger partial charge in [-0.15, -0.1) is 0 Å². The number of rotatable bonds is 6. The molecule has 0 amide bonds. The summed E-state index contributed by atoms with van der Waals surface area (Å²) in [4.78, 5) is 19.2. The second-order valence-corrected chi connectivity index (χ2v) is 6.00. The van der Waals surface area contributed by atoms with Crippen molar-refractivity contribution in [3.63, 3.8) is 0 Å². The lowest BCUT2D eigenvalue weighted by atomic mass is 10.1. The van der Waals surface area contributed by atoms with E-state index < -0.39 is 5.56 Å². The Morgan fingerprint density at radius 2 is 2.05 bits per heavy atom. The van der Waals surface area contributed by atoms with Crippen LogP contribution in [0.3, 0.4) is 0 Å². The van der Waals surface area contributed by atoms with Crippen molar-refractivity contribution in [2.75, 3.05) is 12.3 Å². The van der Waals surface area contributed by atoms with E-state index in [0.29, 0.717) is 17.4 Å². The highest BCUT2D eigenvalue weighted by atomic mass is 32.2. The van der Waals surface area contributed by atoms with Gasteiger partial charge < -0.3 is 10.7 Å². The third kappa shape index (κ3) is 3.97. The van der Waals surface area contributed by atoms with E-state index in [1.54, 1.807) is 0 Å². The predicted molar refractivity (Wildman–Crippen MR) is 88.8 cm³/mol. The van der Waals surface area contributed by atoms with Crippen molar-refractivity contribution in [3.05, 3.63) is 45.7 Å². The second kappa shape index (κ2) is 7.78. The van der Waals surface area contributed by atoms with Crippen LogP contribution < -0.4 is 11.3 Å². The number of nitrogens with zero attached hydrogens (tertiary/aromatic N) is 2. The third-order valence-corrected chi connectivity index (χ3v) is 4.13. The molecule has 0 aliphatic rings. The first-order valence-corrected chi connectivity index (χ1v) is 8.08. The molecule has 6 heteroatoms. The van der Waals surface area contributed by atoms with Gasteiger partial charge in [-0.2, -0.15) is 5.26 Å². The number of unbranched alkanes of at least 4 members (excludes halogenated alkanes) is 1. The maximum atomic E-state index is 12.1. The number of hydrogen-bond donors (Lipinski definition) is 2. The van der Waals surface area contributed by atoms with Crippen molar-refractivity contribution in [1.82, 2.24) is 9.97 Å². The fourth-order valence-electron chi connectivity index (χ4n) is 1.96. The van der Waals surface area contributed by atoms with Crippen LogP contribution in [-0.4, -0.2) is 22.3 Å². The van der Waals surface area contributed by atoms with Gasteiger partial charge >= 0.3 is 0 Å². The standard InChI is InChI=1S/C16H18N4OS/c1-11-4-6-12(7-5-11)14-13(10-18)15(21)20-16(19-14)22-9-3-2-8-17/h4-7H,2-3,8-9,17H2,1H3,(H,19,20,21). The van der Waals surface area contributed by atoms with Crippen LogP contribution in [0.2, 0.25) is 0 Å². The molecule has 0 bridgehead atoms. The highest BCUT2D eigenvalue weighted by molar-refractivity contribution is 7.99. The first kappa shape index (κ1) is 16.3. The Balaban J connectivity index is 2.34. The summed E-state index contributed by atoms with van der Waals surface area (Å²) in [6, 6.07) is 9.58. The summed E-state index contributed by atoms with van der Waals surface area (Å²) >= 11 is 1.47. The van der Waals surface area contributed by atoms with Crippen LogP contribution in [0.5, 0.6) is 0 Å². The lowest BCUT2D eigenvalue weighted by Crippen LogP contribution is -2.15. The van der Waals surface area contributed by atoms with Gasteiger partial charge in [0.25, 0.3) is 5.56 Å². The van der Waals surface area contributed by atoms with Crippen molar-refractivity contribution in [2.24, 2.45) is 5.73 Å². The van der Waals surface area contributed by atoms with Crippen LogP contribution >= 0.6 is 11.8 Å². The molecule has 3 N–H and O–H groups in total. The fraction of sp³-hybridized carbons (Fsp3) is 0.312. The van der Waals surface area contributed by atoms with Crippen LogP contribution in [-0.2, 0) is 0 Å². The number of thioether (sulfide) groups is 1. The van der Waals surface area contributed by atoms with Gasteiger partial charge in [0, 0.05) is 11.3 Å². The molecule has 1 aromatic carbocycles. The Kier molecular flexibility index (Phi) is 5.75. The Hall–Kier alpha value is -2.10. The molecule has 2 aromatic rings. The summed E-state index contributed by atoms with van der Waals surface area (Å²) < 4.78 is 0. The van der Waals surface area contributed by atoms with Crippen LogP contribution in [0.1, 0.15) is 24.0 Å². The number of nitriles is 1. The number of nitrogens with two attached hydrogens (primary N) is 1. The van der Waals surface area contributed by atoms with Gasteiger partial charge in [-0.3, -0.25) is 4.79 Å². The molecule has 0 aliphatic heterocycles. The smallest absolute Gasteiger partial charge is 0.270 e. The van der Waals surface area contributed by atoms with Crippen LogP contribution in [0.4, 0.5) is 0 Å². The van der Waals surface area contributed by atoms with Gasteiger partial charge in [-0.25, -0.2) is 4.98 Å². The summed E-state index contributed by atoms with van der Waals surface area (Å²) in [6.07, 6.45) is 1.91. The number of hydrogen-bond acceptors (Lipinski definition) is 5. The van der Waals surface area contributed by atoms with Crippen molar-refractivity contribution >= 4 is 11.8 Å². The van der Waals surface area contributed by atoms with E-state index in [1.165, 1.54) is 11.8 Å². The molecule has 0 unspecified atom stereocenters. The zero-order valence-electron chi connectivity index (χ0n) is 12.4. The van der Waals surface area contributed by atoms with Crippen molar-refractivity contribution in [3.8, 4) is 17.3 Å². The molecule has 1 heterocycles. The molecule has 0 saturated heterocycles. The van der Waals surface area contributed by atoms with Crippen molar-refractivity contribution in [2.45, 2.75) is 24.9 Å². The number of aryl methyl sites for hydroxylation is 1. The van der Waals surface area contributed by atoms with Gasteiger partial charge in [-0.1, -0.05) is 41.6 Å². The van der Waals surface area contributed by atoms with Gasteiger partial charge in [0.2, 0.25) is 0 Å². The molecule has 0 radical (unpaired) electrons. The summed E-state index contributed by atoms with van der Waals surface area (Å²) in [5, 5.41) is 9.76. The molecule has 0 aliphatic carbocycles. The first-order chi connectivity index (χ1) is 10.7. The molecule has 0 fully saturated rings. The van der Waals surface area contributed by atoms with Gasteiger partial charge in [0.15, 0.2) is 5.16 Å². The molecule has 0 atom stereocenters. The summed E-state index contributed by atoms with van der Waals surface area (Å²) in [5.74, 6) is 0.833. The lowest BCUT2D eigenvalue weighted by molar-refractivity contribution is 0.811. The average Bonchev–Trinajstić information content (AvgIpc) is 2.52. The maximum Gasteiger partial charge on any atom is 0.270 e.